The number of pyridine rings is 1. The van der Waals surface area contributed by atoms with Crippen LogP contribution in [0.2, 0.25) is 0 Å². The van der Waals surface area contributed by atoms with Crippen molar-refractivity contribution in [2.45, 2.75) is 6.92 Å². The molecule has 0 saturated heterocycles. The summed E-state index contributed by atoms with van der Waals surface area (Å²) in [6, 6.07) is 70.0. The van der Waals surface area contributed by atoms with E-state index in [1.807, 2.05) is 6.20 Å². The van der Waals surface area contributed by atoms with Gasteiger partial charge >= 0.3 is 0 Å². The van der Waals surface area contributed by atoms with Crippen LogP contribution >= 0.6 is 0 Å². The second kappa shape index (κ2) is 13.7. The largest absolute Gasteiger partial charge is 0.321 e. The fourth-order valence-electron chi connectivity index (χ4n) is 8.23. The van der Waals surface area contributed by atoms with E-state index in [1.165, 1.54) is 44.5 Å². The van der Waals surface area contributed by atoms with E-state index in [9.17, 15) is 0 Å². The maximum absolute atomic E-state index is 4.89. The van der Waals surface area contributed by atoms with Crippen LogP contribution in [0.1, 0.15) is 27.8 Å². The van der Waals surface area contributed by atoms with Gasteiger partial charge in [-0.05, 0) is 107 Å². The van der Waals surface area contributed by atoms with Crippen LogP contribution in [-0.4, -0.2) is 16.2 Å². The van der Waals surface area contributed by atoms with E-state index < -0.39 is 0 Å². The van der Waals surface area contributed by atoms with Crippen molar-refractivity contribution in [3.05, 3.63) is 228 Å². The zero-order valence-corrected chi connectivity index (χ0v) is 30.5. The molecule has 2 aromatic heterocycles. The van der Waals surface area contributed by atoms with Crippen molar-refractivity contribution in [1.29, 1.82) is 0 Å². The molecule has 262 valence electrons. The van der Waals surface area contributed by atoms with E-state index in [4.69, 9.17) is 4.98 Å². The van der Waals surface area contributed by atoms with E-state index in [1.54, 1.807) is 0 Å². The lowest BCUT2D eigenvalue weighted by atomic mass is 9.85. The van der Waals surface area contributed by atoms with Crippen LogP contribution in [0.3, 0.4) is 0 Å². The molecule has 0 fully saturated rings. The molecule has 3 heterocycles. The van der Waals surface area contributed by atoms with Gasteiger partial charge < -0.3 is 9.80 Å². The topological polar surface area (TPSA) is 24.3 Å². The molecule has 0 aliphatic carbocycles. The first-order valence-electron chi connectivity index (χ1n) is 18.8. The molecule has 1 aliphatic heterocycles. The van der Waals surface area contributed by atoms with Gasteiger partial charge in [0.1, 0.15) is 12.5 Å². The van der Waals surface area contributed by atoms with Crippen molar-refractivity contribution >= 4 is 55.7 Å². The van der Waals surface area contributed by atoms with Gasteiger partial charge in [0.05, 0.1) is 22.4 Å². The average molecular weight is 707 g/mol. The molecule has 4 heteroatoms. The smallest absolute Gasteiger partial charge is 0.137 e. The second-order valence-electron chi connectivity index (χ2n) is 14.1. The maximum atomic E-state index is 4.89. The molecule has 0 amide bonds. The molecule has 0 N–H and O–H groups in total. The van der Waals surface area contributed by atoms with Crippen LogP contribution in [0.5, 0.6) is 0 Å². The van der Waals surface area contributed by atoms with Crippen molar-refractivity contribution in [2.75, 3.05) is 16.5 Å². The second-order valence-corrected chi connectivity index (χ2v) is 14.1. The number of para-hydroxylation sites is 4. The van der Waals surface area contributed by atoms with Gasteiger partial charge in [0, 0.05) is 28.3 Å². The first-order valence-corrected chi connectivity index (χ1v) is 18.8. The summed E-state index contributed by atoms with van der Waals surface area (Å²) in [5, 5.41) is 2.41. The number of hydrogen-bond acceptors (Lipinski definition) is 3. The van der Waals surface area contributed by atoms with Gasteiger partial charge in [0.25, 0.3) is 0 Å². The van der Waals surface area contributed by atoms with Gasteiger partial charge in [-0.3, -0.25) is 4.57 Å². The molecule has 10 rings (SSSR count). The van der Waals surface area contributed by atoms with Crippen LogP contribution in [0, 0.1) is 6.92 Å². The molecule has 9 aromatic rings. The Balaban J connectivity index is 1.23. The minimum absolute atomic E-state index is 0.714. The van der Waals surface area contributed by atoms with E-state index in [2.05, 4.69) is 215 Å². The van der Waals surface area contributed by atoms with E-state index in [0.717, 1.165) is 44.8 Å². The van der Waals surface area contributed by atoms with Crippen LogP contribution in [0.15, 0.2) is 200 Å². The number of hydrogen-bond donors (Lipinski definition) is 0. The zero-order valence-electron chi connectivity index (χ0n) is 30.5. The lowest BCUT2D eigenvalue weighted by Crippen LogP contribution is -2.23. The predicted molar refractivity (Wildman–Crippen MR) is 230 cm³/mol. The van der Waals surface area contributed by atoms with Crippen molar-refractivity contribution in [2.24, 2.45) is 0 Å². The third-order valence-electron chi connectivity index (χ3n) is 10.7. The highest BCUT2D eigenvalue weighted by Crippen LogP contribution is 2.46. The fourth-order valence-corrected chi connectivity index (χ4v) is 8.23. The van der Waals surface area contributed by atoms with Crippen molar-refractivity contribution in [3.8, 4) is 5.82 Å². The predicted octanol–water partition coefficient (Wildman–Crippen LogP) is 12.7. The van der Waals surface area contributed by atoms with E-state index in [-0.39, 0.29) is 0 Å². The molecular weight excluding hydrogens is 669 g/mol. The summed E-state index contributed by atoms with van der Waals surface area (Å²) in [5.74, 6) is 0.915. The monoisotopic (exact) mass is 706 g/mol. The molecule has 7 aromatic carbocycles. The fraction of sp³-hybridized carbons (Fsp3) is 0.0392. The molecule has 0 atom stereocenters. The summed E-state index contributed by atoms with van der Waals surface area (Å²) in [5.41, 5.74) is 15.1. The molecule has 0 spiro atoms. The van der Waals surface area contributed by atoms with Crippen LogP contribution in [0.25, 0.3) is 38.8 Å². The van der Waals surface area contributed by atoms with Crippen LogP contribution < -0.4 is 9.80 Å². The van der Waals surface area contributed by atoms with Crippen molar-refractivity contribution < 1.29 is 0 Å². The summed E-state index contributed by atoms with van der Waals surface area (Å²) in [7, 11) is 0. The summed E-state index contributed by atoms with van der Waals surface area (Å²) in [6.07, 6.45) is 1.91. The summed E-state index contributed by atoms with van der Waals surface area (Å²) in [6.45, 7) is 2.84. The van der Waals surface area contributed by atoms with Crippen LogP contribution in [0.4, 0.5) is 22.7 Å². The maximum Gasteiger partial charge on any atom is 0.137 e. The highest BCUT2D eigenvalue weighted by atomic mass is 15.4. The number of rotatable bonds is 7. The summed E-state index contributed by atoms with van der Waals surface area (Å²) in [4.78, 5) is 9.71. The lowest BCUT2D eigenvalue weighted by molar-refractivity contribution is 0.991. The third kappa shape index (κ3) is 5.76. The van der Waals surface area contributed by atoms with Gasteiger partial charge in [-0.1, -0.05) is 133 Å². The Labute approximate surface area is 321 Å². The Hall–Kier alpha value is -7.17. The van der Waals surface area contributed by atoms with Crippen molar-refractivity contribution in [3.63, 3.8) is 0 Å². The number of nitrogens with zero attached hydrogens (tertiary/aromatic N) is 4. The lowest BCUT2D eigenvalue weighted by Gasteiger charge is -2.24. The minimum atomic E-state index is 0.714. The average Bonchev–Trinajstić information content (AvgIpc) is 3.80. The number of anilines is 4. The molecule has 4 nitrogen and oxygen atoms in total. The molecule has 1 aliphatic rings. The molecular formula is C51H38N4. The molecule has 0 saturated carbocycles. The molecule has 55 heavy (non-hydrogen) atoms. The Morgan fingerprint density at radius 2 is 0.982 bits per heavy atom. The Morgan fingerprint density at radius 1 is 0.436 bits per heavy atom. The van der Waals surface area contributed by atoms with E-state index >= 15 is 0 Å². The Morgan fingerprint density at radius 3 is 1.69 bits per heavy atom. The van der Waals surface area contributed by atoms with Gasteiger partial charge in [-0.15, -0.1) is 0 Å². The summed E-state index contributed by atoms with van der Waals surface area (Å²) >= 11 is 0. The Kier molecular flexibility index (Phi) is 8.07. The normalized spacial score (nSPS) is 12.3. The molecule has 0 radical (unpaired) electrons. The first-order chi connectivity index (χ1) is 27.2. The van der Waals surface area contributed by atoms with Gasteiger partial charge in [0.15, 0.2) is 0 Å². The molecule has 0 unspecified atom stereocenters. The number of aryl methyl sites for hydroxylation is 1. The SMILES string of the molecule is Cc1ccnc(-n2c3ccccc3c3ccc(C(=C(c4ccccc4)c4ccccc4)c4cccc(N5CN(c6ccccc6)c6ccccc65)c4)cc32)c1. The zero-order chi connectivity index (χ0) is 36.7. The standard InChI is InChI=1S/C51H38N4/c1-36-30-31-52-49(32-36)55-45-25-12-11-24-43(45)44-29-28-40(34-48(44)55)51(50(37-16-5-2-6-17-37)38-18-7-3-8-19-38)39-20-15-23-42(33-39)54-35-53(41-21-9-4-10-22-41)46-26-13-14-27-47(46)54/h2-34H,35H2,1H3. The Bertz CT molecular complexity index is 2810. The highest BCUT2D eigenvalue weighted by molar-refractivity contribution is 6.12. The third-order valence-corrected chi connectivity index (χ3v) is 10.7. The highest BCUT2D eigenvalue weighted by Gasteiger charge is 2.28. The van der Waals surface area contributed by atoms with E-state index in [0.29, 0.717) is 6.67 Å². The van der Waals surface area contributed by atoms with Gasteiger partial charge in [-0.2, -0.15) is 0 Å². The van der Waals surface area contributed by atoms with Crippen LogP contribution in [-0.2, 0) is 0 Å². The van der Waals surface area contributed by atoms with Crippen molar-refractivity contribution in [1.82, 2.24) is 9.55 Å². The number of fused-ring (bicyclic) bond motifs is 4. The van der Waals surface area contributed by atoms with Gasteiger partial charge in [-0.25, -0.2) is 4.98 Å². The van der Waals surface area contributed by atoms with Gasteiger partial charge in [0.2, 0.25) is 0 Å². The first kappa shape index (κ1) is 32.5. The summed E-state index contributed by atoms with van der Waals surface area (Å²) < 4.78 is 2.32. The quantitative estimate of drug-likeness (QED) is 0.154. The molecule has 0 bridgehead atoms. The number of aromatic nitrogens is 2. The minimum Gasteiger partial charge on any atom is -0.321 e. The number of benzene rings is 7.